The van der Waals surface area contributed by atoms with Gasteiger partial charge in [-0.25, -0.2) is 0 Å². The smallest absolute Gasteiger partial charge is 0.259 e. The number of nitrogens with two attached hydrogens (primary N) is 1. The number of aryl methyl sites for hydroxylation is 1. The first-order chi connectivity index (χ1) is 9.11. The van der Waals surface area contributed by atoms with Gasteiger partial charge >= 0.3 is 0 Å². The zero-order valence-corrected chi connectivity index (χ0v) is 11.1. The van der Waals surface area contributed by atoms with Crippen molar-refractivity contribution in [1.82, 2.24) is 4.98 Å². The summed E-state index contributed by atoms with van der Waals surface area (Å²) in [6, 6.07) is 9.12. The fraction of sp³-hybridized carbons (Fsp3) is 0.200. The number of carbonyl (C=O) groups excluding carboxylic acids is 1. The zero-order valence-electron chi connectivity index (χ0n) is 11.1. The van der Waals surface area contributed by atoms with E-state index >= 15 is 0 Å². The molecule has 0 aliphatic carbocycles. The van der Waals surface area contributed by atoms with E-state index in [1.54, 1.807) is 29.4 Å². The molecule has 4 nitrogen and oxygen atoms in total. The molecule has 2 N–H and O–H groups in total. The van der Waals surface area contributed by atoms with Crippen LogP contribution in [0, 0.1) is 6.92 Å². The number of benzene rings is 1. The Hall–Kier alpha value is -2.36. The van der Waals surface area contributed by atoms with Crippen molar-refractivity contribution in [3.8, 4) is 0 Å². The van der Waals surface area contributed by atoms with E-state index in [1.165, 1.54) is 0 Å². The van der Waals surface area contributed by atoms with E-state index in [-0.39, 0.29) is 5.91 Å². The molecule has 0 bridgehead atoms. The Balaban J connectivity index is 2.31. The number of aromatic nitrogens is 1. The molecule has 0 atom stereocenters. The second-order valence-corrected chi connectivity index (χ2v) is 4.39. The third-order valence-electron chi connectivity index (χ3n) is 2.89. The van der Waals surface area contributed by atoms with Crippen molar-refractivity contribution in [3.63, 3.8) is 0 Å². The van der Waals surface area contributed by atoms with E-state index in [0.29, 0.717) is 17.8 Å². The predicted molar refractivity (Wildman–Crippen MR) is 77.2 cm³/mol. The molecule has 2 aromatic rings. The van der Waals surface area contributed by atoms with Gasteiger partial charge in [-0.05, 0) is 49.7 Å². The summed E-state index contributed by atoms with van der Waals surface area (Å²) in [5.41, 5.74) is 8.75. The molecule has 0 fully saturated rings. The van der Waals surface area contributed by atoms with Gasteiger partial charge in [0.2, 0.25) is 0 Å². The number of anilines is 2. The maximum atomic E-state index is 12.5. The highest BCUT2D eigenvalue weighted by Gasteiger charge is 2.16. The maximum absolute atomic E-state index is 12.5. The highest BCUT2D eigenvalue weighted by Crippen LogP contribution is 2.18. The van der Waals surface area contributed by atoms with Crippen molar-refractivity contribution in [1.29, 1.82) is 0 Å². The number of amides is 1. The highest BCUT2D eigenvalue weighted by molar-refractivity contribution is 6.06. The molecule has 1 heterocycles. The summed E-state index contributed by atoms with van der Waals surface area (Å²) in [5, 5.41) is 0. The molecular weight excluding hydrogens is 238 g/mol. The van der Waals surface area contributed by atoms with Crippen LogP contribution in [-0.2, 0) is 0 Å². The minimum absolute atomic E-state index is 0.0523. The van der Waals surface area contributed by atoms with Gasteiger partial charge in [-0.2, -0.15) is 0 Å². The lowest BCUT2D eigenvalue weighted by molar-refractivity contribution is 0.0988. The molecule has 0 radical (unpaired) electrons. The van der Waals surface area contributed by atoms with Gasteiger partial charge < -0.3 is 10.6 Å². The average Bonchev–Trinajstić information content (AvgIpc) is 2.41. The normalized spacial score (nSPS) is 10.2. The Bertz CT molecular complexity index is 578. The molecule has 0 aliphatic rings. The molecule has 0 saturated carbocycles. The van der Waals surface area contributed by atoms with Crippen molar-refractivity contribution < 1.29 is 4.79 Å². The lowest BCUT2D eigenvalue weighted by atomic mass is 10.2. The zero-order chi connectivity index (χ0) is 13.8. The molecule has 0 unspecified atom stereocenters. The van der Waals surface area contributed by atoms with E-state index < -0.39 is 0 Å². The first kappa shape index (κ1) is 13.1. The third kappa shape index (κ3) is 2.91. The first-order valence-corrected chi connectivity index (χ1v) is 6.21. The van der Waals surface area contributed by atoms with Crippen molar-refractivity contribution >= 4 is 17.3 Å². The van der Waals surface area contributed by atoms with Crippen LogP contribution >= 0.6 is 0 Å². The van der Waals surface area contributed by atoms with Gasteiger partial charge in [0.25, 0.3) is 5.91 Å². The van der Waals surface area contributed by atoms with Crippen molar-refractivity contribution in [2.24, 2.45) is 0 Å². The van der Waals surface area contributed by atoms with Crippen LogP contribution in [0.3, 0.4) is 0 Å². The van der Waals surface area contributed by atoms with Crippen LogP contribution in [-0.4, -0.2) is 17.4 Å². The van der Waals surface area contributed by atoms with Crippen LogP contribution in [0.2, 0.25) is 0 Å². The molecule has 1 aromatic heterocycles. The quantitative estimate of drug-likeness (QED) is 0.858. The van der Waals surface area contributed by atoms with E-state index in [4.69, 9.17) is 5.73 Å². The Labute approximate surface area is 112 Å². The summed E-state index contributed by atoms with van der Waals surface area (Å²) in [6.07, 6.45) is 3.32. The van der Waals surface area contributed by atoms with Crippen LogP contribution in [0.1, 0.15) is 22.8 Å². The fourth-order valence-corrected chi connectivity index (χ4v) is 1.93. The van der Waals surface area contributed by atoms with E-state index in [0.717, 1.165) is 11.3 Å². The topological polar surface area (TPSA) is 59.2 Å². The molecule has 19 heavy (non-hydrogen) atoms. The lowest BCUT2D eigenvalue weighted by Gasteiger charge is -2.21. The number of nitrogen functional groups attached to an aromatic ring is 1. The number of hydrogen-bond acceptors (Lipinski definition) is 3. The first-order valence-electron chi connectivity index (χ1n) is 6.21. The summed E-state index contributed by atoms with van der Waals surface area (Å²) >= 11 is 0. The third-order valence-corrected chi connectivity index (χ3v) is 2.89. The van der Waals surface area contributed by atoms with Crippen molar-refractivity contribution in [3.05, 3.63) is 53.9 Å². The highest BCUT2D eigenvalue weighted by atomic mass is 16.2. The number of pyridine rings is 1. The molecule has 4 heteroatoms. The average molecular weight is 255 g/mol. The number of hydrogen-bond donors (Lipinski definition) is 1. The second-order valence-electron chi connectivity index (χ2n) is 4.39. The molecule has 0 spiro atoms. The minimum Gasteiger partial charge on any atom is -0.399 e. The largest absolute Gasteiger partial charge is 0.399 e. The lowest BCUT2D eigenvalue weighted by Crippen LogP contribution is -2.30. The second kappa shape index (κ2) is 5.52. The van der Waals surface area contributed by atoms with E-state index in [9.17, 15) is 4.79 Å². The molecule has 0 aliphatic heterocycles. The maximum Gasteiger partial charge on any atom is 0.259 e. The van der Waals surface area contributed by atoms with Crippen LogP contribution < -0.4 is 10.6 Å². The Kier molecular flexibility index (Phi) is 3.80. The van der Waals surface area contributed by atoms with Crippen LogP contribution in [0.5, 0.6) is 0 Å². The van der Waals surface area contributed by atoms with Gasteiger partial charge in [0.1, 0.15) is 0 Å². The number of rotatable bonds is 3. The van der Waals surface area contributed by atoms with Crippen molar-refractivity contribution in [2.75, 3.05) is 17.2 Å². The van der Waals surface area contributed by atoms with E-state index in [1.807, 2.05) is 32.0 Å². The molecule has 1 aromatic carbocycles. The minimum atomic E-state index is -0.0523. The summed E-state index contributed by atoms with van der Waals surface area (Å²) in [5.74, 6) is -0.0523. The van der Waals surface area contributed by atoms with Crippen LogP contribution in [0.15, 0.2) is 42.7 Å². The molecule has 2 rings (SSSR count). The van der Waals surface area contributed by atoms with Gasteiger partial charge in [-0.3, -0.25) is 9.78 Å². The van der Waals surface area contributed by atoms with Crippen LogP contribution in [0.4, 0.5) is 11.4 Å². The molecule has 98 valence electrons. The number of nitrogens with zero attached hydrogens (tertiary/aromatic N) is 2. The fourth-order valence-electron chi connectivity index (χ4n) is 1.93. The van der Waals surface area contributed by atoms with Gasteiger partial charge in [0.15, 0.2) is 0 Å². The monoisotopic (exact) mass is 255 g/mol. The SMILES string of the molecule is CCN(C(=O)c1cncc(C)c1)c1ccc(N)cc1. The van der Waals surface area contributed by atoms with Gasteiger partial charge in [-0.15, -0.1) is 0 Å². The van der Waals surface area contributed by atoms with Crippen molar-refractivity contribution in [2.45, 2.75) is 13.8 Å². The molecular formula is C15H17N3O. The number of carbonyl (C=O) groups is 1. The predicted octanol–water partition coefficient (Wildman–Crippen LogP) is 2.64. The van der Waals surface area contributed by atoms with Gasteiger partial charge in [0, 0.05) is 30.3 Å². The van der Waals surface area contributed by atoms with Gasteiger partial charge in [-0.1, -0.05) is 0 Å². The van der Waals surface area contributed by atoms with Crippen LogP contribution in [0.25, 0.3) is 0 Å². The Morgan fingerprint density at radius 2 is 1.95 bits per heavy atom. The Morgan fingerprint density at radius 1 is 1.26 bits per heavy atom. The van der Waals surface area contributed by atoms with Gasteiger partial charge in [0.05, 0.1) is 5.56 Å². The Morgan fingerprint density at radius 3 is 2.53 bits per heavy atom. The molecule has 0 saturated heterocycles. The molecule has 1 amide bonds. The summed E-state index contributed by atoms with van der Waals surface area (Å²) in [7, 11) is 0. The van der Waals surface area contributed by atoms with E-state index in [2.05, 4.69) is 4.98 Å². The summed E-state index contributed by atoms with van der Waals surface area (Å²) in [6.45, 7) is 4.46. The summed E-state index contributed by atoms with van der Waals surface area (Å²) < 4.78 is 0. The summed E-state index contributed by atoms with van der Waals surface area (Å²) in [4.78, 5) is 18.2. The standard InChI is InChI=1S/C15H17N3O/c1-3-18(14-6-4-13(16)5-7-14)15(19)12-8-11(2)9-17-10-12/h4-10H,3,16H2,1-2H3.